The van der Waals surface area contributed by atoms with Gasteiger partial charge in [-0.15, -0.1) is 0 Å². The molecule has 1 aromatic heterocycles. The van der Waals surface area contributed by atoms with E-state index in [1.807, 2.05) is 0 Å². The van der Waals surface area contributed by atoms with Gasteiger partial charge in [0.05, 0.1) is 30.6 Å². The lowest BCUT2D eigenvalue weighted by atomic mass is 10.2. The highest BCUT2D eigenvalue weighted by Gasteiger charge is 2.10. The molecule has 1 N–H and O–H groups in total. The Balaban J connectivity index is 2.06. The number of esters is 1. The van der Waals surface area contributed by atoms with Crippen LogP contribution < -0.4 is 5.32 Å². The van der Waals surface area contributed by atoms with Crippen molar-refractivity contribution < 1.29 is 22.7 Å². The van der Waals surface area contributed by atoms with Crippen molar-refractivity contribution in [2.24, 2.45) is 0 Å². The topological polar surface area (TPSA) is 51.2 Å². The Hall–Kier alpha value is -2.57. The zero-order valence-corrected chi connectivity index (χ0v) is 11.0. The van der Waals surface area contributed by atoms with Crippen LogP contribution >= 0.6 is 0 Å². The molecule has 0 aliphatic heterocycles. The van der Waals surface area contributed by atoms with Crippen molar-refractivity contribution in [2.75, 3.05) is 12.4 Å². The van der Waals surface area contributed by atoms with Crippen LogP contribution in [0.25, 0.3) is 0 Å². The molecule has 0 atom stereocenters. The van der Waals surface area contributed by atoms with Crippen LogP contribution in [0.3, 0.4) is 0 Å². The van der Waals surface area contributed by atoms with Crippen LogP contribution in [0.2, 0.25) is 0 Å². The third-order valence-electron chi connectivity index (χ3n) is 2.72. The van der Waals surface area contributed by atoms with Gasteiger partial charge in [0.15, 0.2) is 11.6 Å². The Morgan fingerprint density at radius 2 is 1.90 bits per heavy atom. The van der Waals surface area contributed by atoms with Crippen LogP contribution in [0.15, 0.2) is 30.5 Å². The molecule has 2 aromatic rings. The molecular weight excluding hydrogens is 285 g/mol. The van der Waals surface area contributed by atoms with Gasteiger partial charge in [-0.3, -0.25) is 4.98 Å². The van der Waals surface area contributed by atoms with E-state index in [0.29, 0.717) is 11.8 Å². The Morgan fingerprint density at radius 3 is 2.52 bits per heavy atom. The highest BCUT2D eigenvalue weighted by atomic mass is 19.2. The summed E-state index contributed by atoms with van der Waals surface area (Å²) in [5, 5.41) is 2.60. The van der Waals surface area contributed by atoms with E-state index in [-0.39, 0.29) is 17.8 Å². The number of methoxy groups -OCH3 is 1. The van der Waals surface area contributed by atoms with Crippen LogP contribution in [0, 0.1) is 17.5 Å². The van der Waals surface area contributed by atoms with Crippen molar-refractivity contribution in [3.8, 4) is 0 Å². The van der Waals surface area contributed by atoms with E-state index >= 15 is 0 Å². The molecule has 7 heteroatoms. The summed E-state index contributed by atoms with van der Waals surface area (Å²) in [6.07, 6.45) is 1.31. The molecule has 0 aliphatic carbocycles. The summed E-state index contributed by atoms with van der Waals surface area (Å²) in [4.78, 5) is 15.2. The lowest BCUT2D eigenvalue weighted by molar-refractivity contribution is 0.0600. The number of nitrogens with one attached hydrogen (secondary N) is 1. The highest BCUT2D eigenvalue weighted by molar-refractivity contribution is 5.88. The van der Waals surface area contributed by atoms with Gasteiger partial charge in [-0.25, -0.2) is 18.0 Å². The molecule has 0 fully saturated rings. The van der Waals surface area contributed by atoms with Crippen molar-refractivity contribution in [2.45, 2.75) is 6.54 Å². The molecule has 110 valence electrons. The van der Waals surface area contributed by atoms with E-state index in [1.54, 1.807) is 0 Å². The number of nitrogens with zero attached hydrogens (tertiary/aromatic N) is 1. The monoisotopic (exact) mass is 296 g/mol. The number of pyridine rings is 1. The summed E-state index contributed by atoms with van der Waals surface area (Å²) >= 11 is 0. The first-order valence-corrected chi connectivity index (χ1v) is 5.93. The summed E-state index contributed by atoms with van der Waals surface area (Å²) in [6.45, 7) is 0.0868. The predicted octanol–water partition coefficient (Wildman–Crippen LogP) is 2.90. The molecule has 0 aliphatic rings. The van der Waals surface area contributed by atoms with Gasteiger partial charge in [0, 0.05) is 18.3 Å². The average molecular weight is 296 g/mol. The van der Waals surface area contributed by atoms with E-state index in [4.69, 9.17) is 0 Å². The quantitative estimate of drug-likeness (QED) is 0.696. The third-order valence-corrected chi connectivity index (χ3v) is 2.72. The molecule has 0 bridgehead atoms. The number of halogens is 3. The standard InChI is InChI=1S/C14H11F3N2O2/c1-21-14(20)8-2-3-9(18-6-8)7-19-13-5-11(16)10(15)4-12(13)17/h2-6,19H,7H2,1H3. The van der Waals surface area contributed by atoms with E-state index in [1.165, 1.54) is 25.4 Å². The smallest absolute Gasteiger partial charge is 0.339 e. The summed E-state index contributed by atoms with van der Waals surface area (Å²) < 4.78 is 43.7. The lowest BCUT2D eigenvalue weighted by Crippen LogP contribution is -2.06. The van der Waals surface area contributed by atoms with E-state index in [0.717, 1.165) is 6.07 Å². The molecule has 1 heterocycles. The maximum atomic E-state index is 13.4. The number of ether oxygens (including phenoxy) is 1. The van der Waals surface area contributed by atoms with Crippen LogP contribution in [-0.2, 0) is 11.3 Å². The fraction of sp³-hybridized carbons (Fsp3) is 0.143. The van der Waals surface area contributed by atoms with Crippen LogP contribution in [0.5, 0.6) is 0 Å². The number of aromatic nitrogens is 1. The molecule has 1 aromatic carbocycles. The van der Waals surface area contributed by atoms with Crippen molar-refractivity contribution >= 4 is 11.7 Å². The van der Waals surface area contributed by atoms with Crippen LogP contribution in [0.1, 0.15) is 16.1 Å². The van der Waals surface area contributed by atoms with Gasteiger partial charge >= 0.3 is 5.97 Å². The van der Waals surface area contributed by atoms with E-state index < -0.39 is 23.4 Å². The molecule has 4 nitrogen and oxygen atoms in total. The molecule has 0 radical (unpaired) electrons. The highest BCUT2D eigenvalue weighted by Crippen LogP contribution is 2.19. The van der Waals surface area contributed by atoms with Gasteiger partial charge in [0.1, 0.15) is 5.82 Å². The van der Waals surface area contributed by atoms with Gasteiger partial charge in [0.25, 0.3) is 0 Å². The third kappa shape index (κ3) is 3.50. The Kier molecular flexibility index (Phi) is 4.42. The van der Waals surface area contributed by atoms with Gasteiger partial charge < -0.3 is 10.1 Å². The Bertz CT molecular complexity index is 660. The molecule has 0 spiro atoms. The van der Waals surface area contributed by atoms with Gasteiger partial charge in [-0.05, 0) is 12.1 Å². The number of hydrogen-bond donors (Lipinski definition) is 1. The number of rotatable bonds is 4. The fourth-order valence-electron chi connectivity index (χ4n) is 1.61. The minimum atomic E-state index is -1.25. The van der Waals surface area contributed by atoms with Gasteiger partial charge in [0.2, 0.25) is 0 Å². The summed E-state index contributed by atoms with van der Waals surface area (Å²) in [7, 11) is 1.25. The van der Waals surface area contributed by atoms with Crippen LogP contribution in [0.4, 0.5) is 18.9 Å². The number of anilines is 1. The Labute approximate surface area is 118 Å². The second-order valence-corrected chi connectivity index (χ2v) is 4.13. The molecule has 0 saturated carbocycles. The first-order chi connectivity index (χ1) is 10.0. The molecular formula is C14H11F3N2O2. The van der Waals surface area contributed by atoms with Crippen molar-refractivity contribution in [1.82, 2.24) is 4.98 Å². The average Bonchev–Trinajstić information content (AvgIpc) is 2.49. The fourth-order valence-corrected chi connectivity index (χ4v) is 1.61. The minimum Gasteiger partial charge on any atom is -0.465 e. The molecule has 0 saturated heterocycles. The maximum absolute atomic E-state index is 13.4. The SMILES string of the molecule is COC(=O)c1ccc(CNc2cc(F)c(F)cc2F)nc1. The largest absolute Gasteiger partial charge is 0.465 e. The molecule has 0 amide bonds. The number of benzene rings is 1. The first-order valence-electron chi connectivity index (χ1n) is 5.93. The number of carbonyl (C=O) groups is 1. The summed E-state index contributed by atoms with van der Waals surface area (Å²) in [6, 6.07) is 4.23. The first kappa shape index (κ1) is 14.8. The van der Waals surface area contributed by atoms with Crippen LogP contribution in [-0.4, -0.2) is 18.1 Å². The lowest BCUT2D eigenvalue weighted by Gasteiger charge is -2.08. The molecule has 2 rings (SSSR count). The van der Waals surface area contributed by atoms with Gasteiger partial charge in [-0.1, -0.05) is 0 Å². The van der Waals surface area contributed by atoms with Crippen molar-refractivity contribution in [3.05, 3.63) is 59.2 Å². The van der Waals surface area contributed by atoms with E-state index in [9.17, 15) is 18.0 Å². The summed E-state index contributed by atoms with van der Waals surface area (Å²) in [5.41, 5.74) is 0.597. The minimum absolute atomic E-state index is 0.0868. The zero-order valence-electron chi connectivity index (χ0n) is 11.0. The molecule has 0 unspecified atom stereocenters. The van der Waals surface area contributed by atoms with E-state index in [2.05, 4.69) is 15.0 Å². The molecule has 21 heavy (non-hydrogen) atoms. The normalized spacial score (nSPS) is 10.3. The van der Waals surface area contributed by atoms with Crippen molar-refractivity contribution in [1.29, 1.82) is 0 Å². The maximum Gasteiger partial charge on any atom is 0.339 e. The zero-order chi connectivity index (χ0) is 15.4. The second kappa shape index (κ2) is 6.25. The number of hydrogen-bond acceptors (Lipinski definition) is 4. The second-order valence-electron chi connectivity index (χ2n) is 4.13. The summed E-state index contributed by atoms with van der Waals surface area (Å²) in [5.74, 6) is -3.82. The van der Waals surface area contributed by atoms with Crippen molar-refractivity contribution in [3.63, 3.8) is 0 Å². The van der Waals surface area contributed by atoms with Gasteiger partial charge in [-0.2, -0.15) is 0 Å². The Morgan fingerprint density at radius 1 is 1.19 bits per heavy atom. The number of carbonyl (C=O) groups excluding carboxylic acids is 1. The predicted molar refractivity (Wildman–Crippen MR) is 69.2 cm³/mol.